The molecule has 0 saturated carbocycles. The molecular weight excluding hydrogens is 126 g/mol. The zero-order valence-corrected chi connectivity index (χ0v) is 6.90. The second kappa shape index (κ2) is 4.32. The van der Waals surface area contributed by atoms with Crippen LogP contribution in [0.25, 0.3) is 0 Å². The van der Waals surface area contributed by atoms with Crippen molar-refractivity contribution in [3.05, 3.63) is 0 Å². The van der Waals surface area contributed by atoms with Crippen molar-refractivity contribution in [3.8, 4) is 12.3 Å². The van der Waals surface area contributed by atoms with Gasteiger partial charge < -0.3 is 0 Å². The largest absolute Gasteiger partial charge is 0.289 e. The van der Waals surface area contributed by atoms with Gasteiger partial charge in [0.25, 0.3) is 0 Å². The van der Waals surface area contributed by atoms with E-state index in [1.165, 1.54) is 0 Å². The molecule has 0 radical (unpaired) electrons. The lowest BCUT2D eigenvalue weighted by atomic mass is 9.98. The Balaban J connectivity index is 3.14. The molecule has 0 atom stereocenters. The lowest BCUT2D eigenvalue weighted by Crippen LogP contribution is -2.27. The van der Waals surface area contributed by atoms with Crippen molar-refractivity contribution in [2.75, 3.05) is 13.2 Å². The summed E-state index contributed by atoms with van der Waals surface area (Å²) in [7, 11) is 0. The van der Waals surface area contributed by atoms with Crippen LogP contribution in [0.15, 0.2) is 0 Å². The molecule has 0 rings (SSSR count). The summed E-state index contributed by atoms with van der Waals surface area (Å²) in [6.45, 7) is 7.52. The van der Waals surface area contributed by atoms with Gasteiger partial charge >= 0.3 is 0 Å². The molecule has 0 unspecified atom stereocenters. The van der Waals surface area contributed by atoms with Gasteiger partial charge in [-0.25, -0.2) is 5.48 Å². The number of hydroxylamine groups is 1. The third-order valence-corrected chi connectivity index (χ3v) is 0.860. The van der Waals surface area contributed by atoms with Crippen LogP contribution >= 0.6 is 0 Å². The summed E-state index contributed by atoms with van der Waals surface area (Å²) in [6.07, 6.45) is 4.96. The topological polar surface area (TPSA) is 21.3 Å². The first-order valence-electron chi connectivity index (χ1n) is 3.34. The van der Waals surface area contributed by atoms with E-state index in [1.807, 2.05) is 0 Å². The van der Waals surface area contributed by atoms with Crippen molar-refractivity contribution < 1.29 is 4.84 Å². The van der Waals surface area contributed by atoms with Crippen molar-refractivity contribution in [1.29, 1.82) is 0 Å². The Morgan fingerprint density at radius 1 is 1.50 bits per heavy atom. The zero-order valence-electron chi connectivity index (χ0n) is 6.90. The molecule has 2 nitrogen and oxygen atoms in total. The number of hydrogen-bond acceptors (Lipinski definition) is 2. The third-order valence-electron chi connectivity index (χ3n) is 0.860. The van der Waals surface area contributed by atoms with Crippen LogP contribution in [-0.2, 0) is 4.84 Å². The highest BCUT2D eigenvalue weighted by Crippen LogP contribution is 2.09. The van der Waals surface area contributed by atoms with Gasteiger partial charge in [-0.05, 0) is 5.41 Å². The Morgan fingerprint density at radius 3 is 2.50 bits per heavy atom. The van der Waals surface area contributed by atoms with Crippen LogP contribution in [-0.4, -0.2) is 13.2 Å². The highest BCUT2D eigenvalue weighted by atomic mass is 16.6. The fourth-order valence-corrected chi connectivity index (χ4v) is 0.360. The molecule has 58 valence electrons. The van der Waals surface area contributed by atoms with Gasteiger partial charge in [0.05, 0.1) is 0 Å². The lowest BCUT2D eigenvalue weighted by molar-refractivity contribution is 0.0461. The Labute approximate surface area is 62.9 Å². The minimum absolute atomic E-state index is 0.245. The van der Waals surface area contributed by atoms with Crippen LogP contribution < -0.4 is 5.48 Å². The molecule has 0 fully saturated rings. The van der Waals surface area contributed by atoms with Crippen LogP contribution in [0.2, 0.25) is 0 Å². The van der Waals surface area contributed by atoms with Gasteiger partial charge in [-0.15, -0.1) is 6.42 Å². The van der Waals surface area contributed by atoms with E-state index in [0.29, 0.717) is 6.61 Å². The standard InChI is InChI=1S/C8H15NO/c1-5-6-10-9-7-8(2,3)4/h1,9H,6-7H2,2-4H3. The van der Waals surface area contributed by atoms with E-state index in [0.717, 1.165) is 6.54 Å². The summed E-state index contributed by atoms with van der Waals surface area (Å²) in [5.41, 5.74) is 3.03. The maximum absolute atomic E-state index is 4.96. The van der Waals surface area contributed by atoms with E-state index < -0.39 is 0 Å². The zero-order chi connectivity index (χ0) is 8.04. The Morgan fingerprint density at radius 2 is 2.10 bits per heavy atom. The first kappa shape index (κ1) is 9.48. The summed E-state index contributed by atoms with van der Waals surface area (Å²) in [5, 5.41) is 0. The van der Waals surface area contributed by atoms with Crippen LogP contribution in [0.1, 0.15) is 20.8 Å². The van der Waals surface area contributed by atoms with E-state index >= 15 is 0 Å². The molecule has 10 heavy (non-hydrogen) atoms. The molecule has 0 aliphatic rings. The predicted molar refractivity (Wildman–Crippen MR) is 42.2 cm³/mol. The summed E-state index contributed by atoms with van der Waals surface area (Å²) in [6, 6.07) is 0. The highest BCUT2D eigenvalue weighted by molar-refractivity contribution is 4.82. The number of nitrogens with one attached hydrogen (secondary N) is 1. The molecule has 1 N–H and O–H groups in total. The maximum Gasteiger partial charge on any atom is 0.128 e. The molecule has 0 aromatic carbocycles. The second-order valence-corrected chi connectivity index (χ2v) is 3.37. The SMILES string of the molecule is C#CCONCC(C)(C)C. The van der Waals surface area contributed by atoms with Crippen LogP contribution in [0, 0.1) is 17.8 Å². The number of terminal acetylenes is 1. The first-order chi connectivity index (χ1) is 4.56. The predicted octanol–water partition coefficient (Wildman–Crippen LogP) is 1.19. The van der Waals surface area contributed by atoms with E-state index in [9.17, 15) is 0 Å². The van der Waals surface area contributed by atoms with E-state index in [-0.39, 0.29) is 5.41 Å². The molecule has 0 aliphatic heterocycles. The van der Waals surface area contributed by atoms with Crippen LogP contribution in [0.3, 0.4) is 0 Å². The van der Waals surface area contributed by atoms with Gasteiger partial charge in [-0.1, -0.05) is 26.7 Å². The quantitative estimate of drug-likeness (QED) is 0.362. The molecule has 2 heteroatoms. The van der Waals surface area contributed by atoms with Gasteiger partial charge in [0.15, 0.2) is 0 Å². The fraction of sp³-hybridized carbons (Fsp3) is 0.750. The Bertz CT molecular complexity index is 118. The van der Waals surface area contributed by atoms with Crippen molar-refractivity contribution in [2.45, 2.75) is 20.8 Å². The van der Waals surface area contributed by atoms with Crippen molar-refractivity contribution >= 4 is 0 Å². The van der Waals surface area contributed by atoms with Gasteiger partial charge in [-0.2, -0.15) is 0 Å². The molecular formula is C8H15NO. The summed E-state index contributed by atoms with van der Waals surface area (Å²) < 4.78 is 0. The van der Waals surface area contributed by atoms with Gasteiger partial charge in [0, 0.05) is 6.54 Å². The molecule has 0 aliphatic carbocycles. The van der Waals surface area contributed by atoms with E-state index in [4.69, 9.17) is 11.3 Å². The Hall–Kier alpha value is -0.520. The minimum atomic E-state index is 0.245. The van der Waals surface area contributed by atoms with Gasteiger partial charge in [-0.3, -0.25) is 4.84 Å². The minimum Gasteiger partial charge on any atom is -0.289 e. The Kier molecular flexibility index (Phi) is 4.10. The summed E-state index contributed by atoms with van der Waals surface area (Å²) in [5.74, 6) is 2.37. The van der Waals surface area contributed by atoms with Crippen molar-refractivity contribution in [2.24, 2.45) is 5.41 Å². The number of hydrogen-bond donors (Lipinski definition) is 1. The fourth-order valence-electron chi connectivity index (χ4n) is 0.360. The number of rotatable bonds is 3. The van der Waals surface area contributed by atoms with Crippen molar-refractivity contribution in [3.63, 3.8) is 0 Å². The molecule has 0 aromatic heterocycles. The third kappa shape index (κ3) is 7.48. The van der Waals surface area contributed by atoms with Gasteiger partial charge in [0.1, 0.15) is 6.61 Å². The molecule has 0 aromatic rings. The maximum atomic E-state index is 4.96. The molecule has 0 saturated heterocycles. The highest BCUT2D eigenvalue weighted by Gasteiger charge is 2.08. The van der Waals surface area contributed by atoms with Crippen molar-refractivity contribution in [1.82, 2.24) is 5.48 Å². The normalized spacial score (nSPS) is 11.0. The average molecular weight is 141 g/mol. The molecule has 0 bridgehead atoms. The van der Waals surface area contributed by atoms with Gasteiger partial charge in [0.2, 0.25) is 0 Å². The molecule has 0 amide bonds. The summed E-state index contributed by atoms with van der Waals surface area (Å²) >= 11 is 0. The summed E-state index contributed by atoms with van der Waals surface area (Å²) in [4.78, 5) is 4.87. The average Bonchev–Trinajstić information content (AvgIpc) is 1.78. The lowest BCUT2D eigenvalue weighted by Gasteiger charge is -2.17. The monoisotopic (exact) mass is 141 g/mol. The molecule has 0 spiro atoms. The van der Waals surface area contributed by atoms with E-state index in [1.54, 1.807) is 0 Å². The molecule has 0 heterocycles. The first-order valence-corrected chi connectivity index (χ1v) is 3.34. The second-order valence-electron chi connectivity index (χ2n) is 3.37. The van der Waals surface area contributed by atoms with Crippen LogP contribution in [0.5, 0.6) is 0 Å². The van der Waals surface area contributed by atoms with E-state index in [2.05, 4.69) is 32.2 Å². The van der Waals surface area contributed by atoms with Crippen LogP contribution in [0.4, 0.5) is 0 Å². The smallest absolute Gasteiger partial charge is 0.128 e.